The highest BCUT2D eigenvalue weighted by Crippen LogP contribution is 2.26. The maximum absolute atomic E-state index is 5.33. The number of nitrogens with zero attached hydrogens (tertiary/aromatic N) is 3. The van der Waals surface area contributed by atoms with Crippen molar-refractivity contribution in [1.29, 1.82) is 0 Å². The minimum Gasteiger partial charge on any atom is -0.364 e. The van der Waals surface area contributed by atoms with Crippen LogP contribution in [0.1, 0.15) is 40.7 Å². The summed E-state index contributed by atoms with van der Waals surface area (Å²) >= 11 is 1.69. The minimum atomic E-state index is 0.125. The molecule has 6 heteroatoms. The fourth-order valence-corrected chi connectivity index (χ4v) is 2.58. The van der Waals surface area contributed by atoms with Crippen LogP contribution < -0.4 is 0 Å². The summed E-state index contributed by atoms with van der Waals surface area (Å²) in [7, 11) is 0. The average molecular weight is 275 g/mol. The van der Waals surface area contributed by atoms with Crippen LogP contribution >= 0.6 is 11.3 Å². The molecule has 3 aromatic heterocycles. The van der Waals surface area contributed by atoms with Crippen molar-refractivity contribution in [2.24, 2.45) is 0 Å². The SMILES string of the molecule is Cc1conc1Cc1noc(C(C)c2cccs2)n1. The molecule has 0 spiro atoms. The Morgan fingerprint density at radius 3 is 2.95 bits per heavy atom. The Morgan fingerprint density at radius 1 is 1.37 bits per heavy atom. The van der Waals surface area contributed by atoms with Gasteiger partial charge in [-0.3, -0.25) is 0 Å². The van der Waals surface area contributed by atoms with E-state index in [1.54, 1.807) is 17.6 Å². The van der Waals surface area contributed by atoms with E-state index in [-0.39, 0.29) is 5.92 Å². The first kappa shape index (κ1) is 12.1. The monoisotopic (exact) mass is 275 g/mol. The number of hydrogen-bond acceptors (Lipinski definition) is 6. The Labute approximate surface area is 114 Å². The molecule has 0 saturated carbocycles. The van der Waals surface area contributed by atoms with Crippen LogP contribution in [-0.4, -0.2) is 15.3 Å². The van der Waals surface area contributed by atoms with Gasteiger partial charge in [0.15, 0.2) is 5.82 Å². The standard InChI is InChI=1S/C13H13N3O2S/c1-8-7-17-15-10(8)6-12-14-13(18-16-12)9(2)11-4-3-5-19-11/h3-5,7,9H,6H2,1-2H3. The predicted molar refractivity (Wildman–Crippen MR) is 70.2 cm³/mol. The molecule has 0 N–H and O–H groups in total. The van der Waals surface area contributed by atoms with E-state index in [2.05, 4.69) is 28.3 Å². The Kier molecular flexibility index (Phi) is 3.16. The van der Waals surface area contributed by atoms with Crippen LogP contribution in [0, 0.1) is 6.92 Å². The molecule has 0 amide bonds. The molecule has 0 aliphatic rings. The van der Waals surface area contributed by atoms with Crippen LogP contribution in [0.4, 0.5) is 0 Å². The van der Waals surface area contributed by atoms with E-state index in [9.17, 15) is 0 Å². The lowest BCUT2D eigenvalue weighted by atomic mass is 10.1. The molecule has 19 heavy (non-hydrogen) atoms. The molecule has 5 nitrogen and oxygen atoms in total. The molecule has 3 heterocycles. The van der Waals surface area contributed by atoms with Gasteiger partial charge >= 0.3 is 0 Å². The molecular formula is C13H13N3O2S. The first-order chi connectivity index (χ1) is 9.24. The molecule has 3 aromatic rings. The lowest BCUT2D eigenvalue weighted by molar-refractivity contribution is 0.366. The smallest absolute Gasteiger partial charge is 0.234 e. The molecule has 0 aliphatic carbocycles. The molecule has 1 unspecified atom stereocenters. The molecule has 0 bridgehead atoms. The summed E-state index contributed by atoms with van der Waals surface area (Å²) in [5, 5.41) is 9.96. The summed E-state index contributed by atoms with van der Waals surface area (Å²) in [5.74, 6) is 1.40. The summed E-state index contributed by atoms with van der Waals surface area (Å²) in [6.07, 6.45) is 2.15. The molecule has 3 rings (SSSR count). The van der Waals surface area contributed by atoms with Crippen LogP contribution in [0.2, 0.25) is 0 Å². The van der Waals surface area contributed by atoms with E-state index >= 15 is 0 Å². The van der Waals surface area contributed by atoms with Crippen molar-refractivity contribution in [3.63, 3.8) is 0 Å². The molecular weight excluding hydrogens is 262 g/mol. The van der Waals surface area contributed by atoms with Crippen molar-refractivity contribution >= 4 is 11.3 Å². The molecule has 0 saturated heterocycles. The van der Waals surface area contributed by atoms with Gasteiger partial charge in [-0.25, -0.2) is 0 Å². The van der Waals surface area contributed by atoms with Gasteiger partial charge in [0.1, 0.15) is 6.26 Å². The normalized spacial score (nSPS) is 12.7. The van der Waals surface area contributed by atoms with E-state index in [0.717, 1.165) is 11.3 Å². The topological polar surface area (TPSA) is 65.0 Å². The quantitative estimate of drug-likeness (QED) is 0.731. The van der Waals surface area contributed by atoms with E-state index in [1.165, 1.54) is 4.88 Å². The van der Waals surface area contributed by atoms with Gasteiger partial charge in [-0.1, -0.05) is 16.4 Å². The molecule has 1 atom stereocenters. The lowest BCUT2D eigenvalue weighted by Crippen LogP contribution is -1.96. The van der Waals surface area contributed by atoms with Gasteiger partial charge in [-0.15, -0.1) is 11.3 Å². The molecule has 0 radical (unpaired) electrons. The number of aromatic nitrogens is 3. The largest absolute Gasteiger partial charge is 0.364 e. The second kappa shape index (κ2) is 4.97. The van der Waals surface area contributed by atoms with Gasteiger partial charge in [0, 0.05) is 10.4 Å². The number of aryl methyl sites for hydroxylation is 1. The summed E-state index contributed by atoms with van der Waals surface area (Å²) in [4.78, 5) is 5.64. The lowest BCUT2D eigenvalue weighted by Gasteiger charge is -2.01. The van der Waals surface area contributed by atoms with Crippen molar-refractivity contribution in [3.8, 4) is 0 Å². The van der Waals surface area contributed by atoms with E-state index in [0.29, 0.717) is 18.1 Å². The number of hydrogen-bond donors (Lipinski definition) is 0. The third-order valence-corrected chi connectivity index (χ3v) is 4.05. The Balaban J connectivity index is 1.78. The highest BCUT2D eigenvalue weighted by atomic mass is 32.1. The number of thiophene rings is 1. The zero-order valence-electron chi connectivity index (χ0n) is 10.7. The molecule has 0 aliphatic heterocycles. The van der Waals surface area contributed by atoms with Crippen molar-refractivity contribution in [2.75, 3.05) is 0 Å². The first-order valence-electron chi connectivity index (χ1n) is 6.00. The van der Waals surface area contributed by atoms with Gasteiger partial charge in [-0.05, 0) is 25.3 Å². The Bertz CT molecular complexity index is 657. The Morgan fingerprint density at radius 2 is 2.26 bits per heavy atom. The maximum Gasteiger partial charge on any atom is 0.234 e. The summed E-state index contributed by atoms with van der Waals surface area (Å²) in [6, 6.07) is 4.09. The third kappa shape index (κ3) is 2.44. The molecule has 0 fully saturated rings. The summed E-state index contributed by atoms with van der Waals surface area (Å²) in [6.45, 7) is 4.01. The van der Waals surface area contributed by atoms with Crippen molar-refractivity contribution < 1.29 is 9.05 Å². The third-order valence-electron chi connectivity index (χ3n) is 3.00. The van der Waals surface area contributed by atoms with Gasteiger partial charge in [0.2, 0.25) is 5.89 Å². The van der Waals surface area contributed by atoms with Crippen LogP contribution in [0.25, 0.3) is 0 Å². The van der Waals surface area contributed by atoms with Crippen molar-refractivity contribution in [1.82, 2.24) is 15.3 Å². The maximum atomic E-state index is 5.33. The zero-order valence-corrected chi connectivity index (χ0v) is 11.5. The van der Waals surface area contributed by atoms with Crippen molar-refractivity contribution in [2.45, 2.75) is 26.2 Å². The molecule has 98 valence electrons. The van der Waals surface area contributed by atoms with Crippen LogP contribution in [0.3, 0.4) is 0 Å². The van der Waals surface area contributed by atoms with E-state index in [4.69, 9.17) is 9.05 Å². The van der Waals surface area contributed by atoms with Gasteiger partial charge in [0.25, 0.3) is 0 Å². The second-order valence-electron chi connectivity index (χ2n) is 4.41. The summed E-state index contributed by atoms with van der Waals surface area (Å²) in [5.41, 5.74) is 1.84. The fraction of sp³-hybridized carbons (Fsp3) is 0.308. The molecule has 0 aromatic carbocycles. The highest BCUT2D eigenvalue weighted by molar-refractivity contribution is 7.10. The van der Waals surface area contributed by atoms with Crippen molar-refractivity contribution in [3.05, 3.63) is 51.6 Å². The van der Waals surface area contributed by atoms with E-state index < -0.39 is 0 Å². The van der Waals surface area contributed by atoms with Gasteiger partial charge in [-0.2, -0.15) is 4.98 Å². The predicted octanol–water partition coefficient (Wildman–Crippen LogP) is 3.17. The average Bonchev–Trinajstić information content (AvgIpc) is 3.12. The van der Waals surface area contributed by atoms with E-state index in [1.807, 2.05) is 18.4 Å². The summed E-state index contributed by atoms with van der Waals surface area (Å²) < 4.78 is 10.2. The van der Waals surface area contributed by atoms with Crippen LogP contribution in [0.15, 0.2) is 32.8 Å². The first-order valence-corrected chi connectivity index (χ1v) is 6.87. The van der Waals surface area contributed by atoms with Crippen LogP contribution in [0.5, 0.6) is 0 Å². The van der Waals surface area contributed by atoms with Gasteiger partial charge in [0.05, 0.1) is 18.0 Å². The zero-order chi connectivity index (χ0) is 13.2. The minimum absolute atomic E-state index is 0.125. The highest BCUT2D eigenvalue weighted by Gasteiger charge is 2.18. The van der Waals surface area contributed by atoms with Crippen LogP contribution in [-0.2, 0) is 6.42 Å². The fourth-order valence-electron chi connectivity index (χ4n) is 1.81. The second-order valence-corrected chi connectivity index (χ2v) is 5.39. The number of rotatable bonds is 4. The Hall–Kier alpha value is -1.95. The van der Waals surface area contributed by atoms with Gasteiger partial charge < -0.3 is 9.05 Å².